The minimum absolute atomic E-state index is 0.121. The molecule has 14 N–H and O–H groups in total. The lowest BCUT2D eigenvalue weighted by atomic mass is 9.83. The number of nitrogens with zero attached hydrogens (tertiary/aromatic N) is 3. The van der Waals surface area contributed by atoms with Gasteiger partial charge < -0.3 is 77.2 Å². The third kappa shape index (κ3) is 6.93. The Balaban J connectivity index is 1.84. The van der Waals surface area contributed by atoms with Gasteiger partial charge in [0.2, 0.25) is 5.91 Å². The maximum absolute atomic E-state index is 12.3. The molecule has 1 amide bonds. The van der Waals surface area contributed by atoms with Crippen LogP contribution in [0.1, 0.15) is 6.42 Å². The smallest absolute Gasteiger partial charge is 0.226 e. The van der Waals surface area contributed by atoms with E-state index in [0.29, 0.717) is 0 Å². The Kier molecular flexibility index (Phi) is 11.2. The van der Waals surface area contributed by atoms with Crippen LogP contribution in [0.4, 0.5) is 0 Å². The lowest BCUT2D eigenvalue weighted by molar-refractivity contribution is -0.332. The molecule has 3 aliphatic rings. The Morgan fingerprint density at radius 3 is 2.15 bits per heavy atom. The second-order valence-corrected chi connectivity index (χ2v) is 9.69. The van der Waals surface area contributed by atoms with Crippen LogP contribution in [0.5, 0.6) is 0 Å². The van der Waals surface area contributed by atoms with Crippen molar-refractivity contribution in [3.63, 3.8) is 0 Å². The average molecular weight is 568 g/mol. The zero-order valence-corrected chi connectivity index (χ0v) is 20.7. The van der Waals surface area contributed by atoms with Crippen LogP contribution >= 0.6 is 0 Å². The highest BCUT2D eigenvalue weighted by molar-refractivity contribution is 5.78. The van der Waals surface area contributed by atoms with Crippen molar-refractivity contribution in [3.05, 3.63) is 10.4 Å². The van der Waals surface area contributed by atoms with Gasteiger partial charge in [0.05, 0.1) is 18.7 Å². The van der Waals surface area contributed by atoms with E-state index in [4.69, 9.17) is 41.7 Å². The molecule has 0 bridgehead atoms. The zero-order valence-electron chi connectivity index (χ0n) is 20.7. The quantitative estimate of drug-likeness (QED) is 0.0700. The van der Waals surface area contributed by atoms with Gasteiger partial charge in [0, 0.05) is 17.5 Å². The number of aliphatic hydroxyl groups excluding tert-OH is 7. The minimum Gasteiger partial charge on any atom is -0.394 e. The lowest BCUT2D eigenvalue weighted by Crippen LogP contribution is -2.69. The van der Waals surface area contributed by atoms with E-state index >= 15 is 0 Å². The van der Waals surface area contributed by atoms with Gasteiger partial charge in [-0.3, -0.25) is 4.79 Å². The number of hydrogen-bond donors (Lipinski definition) is 11. The number of nitrogens with one attached hydrogen (secondary N) is 1. The molecule has 1 aliphatic carbocycles. The fraction of sp³-hybridized carbons (Fsp3) is 0.950. The van der Waals surface area contributed by atoms with E-state index in [0.717, 1.165) is 0 Å². The van der Waals surface area contributed by atoms with Crippen molar-refractivity contribution in [1.82, 2.24) is 5.32 Å². The predicted octanol–water partition coefficient (Wildman–Crippen LogP) is -6.82. The topological polar surface area (TPSA) is 334 Å². The van der Waals surface area contributed by atoms with Crippen molar-refractivity contribution in [1.29, 1.82) is 0 Å². The first-order valence-corrected chi connectivity index (χ1v) is 12.3. The van der Waals surface area contributed by atoms with Gasteiger partial charge in [-0.25, -0.2) is 0 Å². The van der Waals surface area contributed by atoms with Crippen LogP contribution in [-0.2, 0) is 23.7 Å². The Morgan fingerprint density at radius 2 is 1.54 bits per heavy atom. The molecular formula is C20H37N7O12. The number of nitrogens with two attached hydrogens (primary N) is 3. The lowest BCUT2D eigenvalue weighted by Gasteiger charge is -2.48. The number of hydrogen-bond acceptors (Lipinski definition) is 16. The molecule has 1 saturated carbocycles. The molecular weight excluding hydrogens is 530 g/mol. The summed E-state index contributed by atoms with van der Waals surface area (Å²) in [4.78, 5) is 14.8. The molecule has 224 valence electrons. The van der Waals surface area contributed by atoms with Crippen LogP contribution in [0.25, 0.3) is 10.4 Å². The van der Waals surface area contributed by atoms with Crippen molar-refractivity contribution >= 4 is 5.91 Å². The highest BCUT2D eigenvalue weighted by atomic mass is 16.7. The van der Waals surface area contributed by atoms with E-state index in [9.17, 15) is 40.5 Å². The summed E-state index contributed by atoms with van der Waals surface area (Å²) in [7, 11) is 0. The molecule has 2 saturated heterocycles. The van der Waals surface area contributed by atoms with Crippen molar-refractivity contribution < 1.29 is 59.5 Å². The molecule has 15 atom stereocenters. The number of rotatable bonds is 9. The maximum atomic E-state index is 12.3. The van der Waals surface area contributed by atoms with Gasteiger partial charge in [-0.05, 0) is 12.0 Å². The molecule has 0 aromatic rings. The monoisotopic (exact) mass is 567 g/mol. The van der Waals surface area contributed by atoms with Crippen molar-refractivity contribution in [3.8, 4) is 0 Å². The molecule has 2 aliphatic heterocycles. The standard InChI is InChI=1S/C20H37N7O12/c21-2-7-12(31)14(33)15(34)20(36-7)38-17-5(22)1-6(26-9(29)3-25-27-24)18(16(17)35)39-19-13(32)10(23)11(30)8(4-28)37-19/h5-8,10-20,28,30-35H,1-4,21-23H2,(H,26,29)/t5?,6-,7?,8?,10-,11-,12-,13?,14?,15+,16?,17-,18-,19-,20-/m1/s1. The summed E-state index contributed by atoms with van der Waals surface area (Å²) in [5.41, 5.74) is 26.1. The summed E-state index contributed by atoms with van der Waals surface area (Å²) < 4.78 is 22.4. The SMILES string of the molecule is [N-]=[N+]=NCC(=O)N[C@@H]1CC(N)[C@@H](O[C@H]2OC(CN)[C@@H](O)C(O)[C@@H]2O)C(O)[C@@H]1O[C@H]1OC(CO)[C@@H](O)[C@@H](N)C1O. The Hall–Kier alpha value is -1.78. The van der Waals surface area contributed by atoms with Gasteiger partial charge in [0.1, 0.15) is 67.6 Å². The van der Waals surface area contributed by atoms with Gasteiger partial charge in [-0.2, -0.15) is 0 Å². The molecule has 0 aromatic heterocycles. The van der Waals surface area contributed by atoms with Gasteiger partial charge in [0.15, 0.2) is 12.6 Å². The largest absolute Gasteiger partial charge is 0.394 e. The molecule has 3 rings (SSSR count). The van der Waals surface area contributed by atoms with Gasteiger partial charge in [-0.15, -0.1) is 0 Å². The highest BCUT2D eigenvalue weighted by Crippen LogP contribution is 2.32. The molecule has 0 spiro atoms. The number of carbonyl (C=O) groups excluding carboxylic acids is 1. The van der Waals surface area contributed by atoms with E-state index in [2.05, 4.69) is 15.3 Å². The summed E-state index contributed by atoms with van der Waals surface area (Å²) in [6.45, 7) is -1.49. The number of carbonyl (C=O) groups is 1. The fourth-order valence-corrected chi connectivity index (χ4v) is 4.85. The van der Waals surface area contributed by atoms with Crippen molar-refractivity contribution in [2.75, 3.05) is 19.7 Å². The first-order chi connectivity index (χ1) is 18.4. The molecule has 0 aromatic carbocycles. The second kappa shape index (κ2) is 13.7. The minimum atomic E-state index is -1.75. The third-order valence-corrected chi connectivity index (χ3v) is 7.06. The molecule has 0 radical (unpaired) electrons. The van der Waals surface area contributed by atoms with Gasteiger partial charge in [0.25, 0.3) is 0 Å². The Labute approximate surface area is 222 Å². The van der Waals surface area contributed by atoms with E-state index in [1.165, 1.54) is 0 Å². The van der Waals surface area contributed by atoms with Gasteiger partial charge >= 0.3 is 0 Å². The van der Waals surface area contributed by atoms with E-state index in [1.807, 2.05) is 0 Å². The number of aliphatic hydroxyl groups is 7. The van der Waals surface area contributed by atoms with Crippen LogP contribution in [-0.4, -0.2) is 153 Å². The second-order valence-electron chi connectivity index (χ2n) is 9.69. The fourth-order valence-electron chi connectivity index (χ4n) is 4.85. The van der Waals surface area contributed by atoms with Crippen LogP contribution in [0.15, 0.2) is 5.11 Å². The maximum Gasteiger partial charge on any atom is 0.226 e. The summed E-state index contributed by atoms with van der Waals surface area (Å²) in [6, 6.07) is -3.41. The van der Waals surface area contributed by atoms with E-state index in [1.54, 1.807) is 0 Å². The molecule has 3 fully saturated rings. The number of amides is 1. The van der Waals surface area contributed by atoms with E-state index in [-0.39, 0.29) is 13.0 Å². The van der Waals surface area contributed by atoms with Crippen LogP contribution < -0.4 is 22.5 Å². The van der Waals surface area contributed by atoms with Crippen molar-refractivity contribution in [2.24, 2.45) is 22.3 Å². The van der Waals surface area contributed by atoms with Crippen LogP contribution in [0.3, 0.4) is 0 Å². The van der Waals surface area contributed by atoms with Crippen LogP contribution in [0.2, 0.25) is 0 Å². The summed E-state index contributed by atoms with van der Waals surface area (Å²) in [5.74, 6) is -0.746. The summed E-state index contributed by atoms with van der Waals surface area (Å²) >= 11 is 0. The summed E-state index contributed by atoms with van der Waals surface area (Å²) in [6.07, 6.45) is -18.2. The molecule has 39 heavy (non-hydrogen) atoms. The summed E-state index contributed by atoms with van der Waals surface area (Å²) in [5, 5.41) is 77.7. The first kappa shape index (κ1) is 31.7. The van der Waals surface area contributed by atoms with E-state index < -0.39 is 111 Å². The molecule has 19 nitrogen and oxygen atoms in total. The molecule has 19 heteroatoms. The average Bonchev–Trinajstić information content (AvgIpc) is 2.91. The highest BCUT2D eigenvalue weighted by Gasteiger charge is 2.52. The van der Waals surface area contributed by atoms with Gasteiger partial charge in [-0.1, -0.05) is 5.11 Å². The Bertz CT molecular complexity index is 867. The normalized spacial score (nSPS) is 46.8. The number of azide groups is 1. The molecule has 2 heterocycles. The molecule has 6 unspecified atom stereocenters. The van der Waals surface area contributed by atoms with Crippen LogP contribution in [0, 0.1) is 0 Å². The van der Waals surface area contributed by atoms with Crippen molar-refractivity contribution in [2.45, 2.75) is 98.2 Å². The predicted molar refractivity (Wildman–Crippen MR) is 126 cm³/mol. The first-order valence-electron chi connectivity index (χ1n) is 12.3. The number of ether oxygens (including phenoxy) is 4. The Morgan fingerprint density at radius 1 is 0.923 bits per heavy atom. The third-order valence-electron chi connectivity index (χ3n) is 7.06. The zero-order chi connectivity index (χ0) is 29.0.